The summed E-state index contributed by atoms with van der Waals surface area (Å²) < 4.78 is 10.8. The van der Waals surface area contributed by atoms with E-state index in [-0.39, 0.29) is 35.9 Å². The summed E-state index contributed by atoms with van der Waals surface area (Å²) in [6, 6.07) is 0. The molecule has 0 saturated carbocycles. The van der Waals surface area contributed by atoms with Crippen molar-refractivity contribution in [2.24, 2.45) is 16.6 Å². The van der Waals surface area contributed by atoms with Gasteiger partial charge in [-0.3, -0.25) is 9.59 Å². The van der Waals surface area contributed by atoms with Gasteiger partial charge in [0.25, 0.3) is 0 Å². The minimum atomic E-state index is -0.222. The highest BCUT2D eigenvalue weighted by Gasteiger charge is 2.21. The number of amides is 2. The minimum absolute atomic E-state index is 0.0221. The smallest absolute Gasteiger partial charge is 0.246 e. The summed E-state index contributed by atoms with van der Waals surface area (Å²) in [7, 11) is 0. The summed E-state index contributed by atoms with van der Waals surface area (Å²) in [6.07, 6.45) is 0.790. The lowest BCUT2D eigenvalue weighted by atomic mass is 9.90. The molecule has 0 aliphatic carbocycles. The van der Waals surface area contributed by atoms with Crippen molar-refractivity contribution < 1.29 is 19.1 Å². The maximum absolute atomic E-state index is 11.6. The van der Waals surface area contributed by atoms with E-state index in [4.69, 9.17) is 15.2 Å². The number of hydrogen-bond donors (Lipinski definition) is 3. The van der Waals surface area contributed by atoms with Crippen molar-refractivity contribution in [2.45, 2.75) is 54.9 Å². The van der Waals surface area contributed by atoms with E-state index >= 15 is 0 Å². The molecule has 0 saturated heterocycles. The van der Waals surface area contributed by atoms with Gasteiger partial charge in [0.1, 0.15) is 13.2 Å². The molecule has 7 nitrogen and oxygen atoms in total. The summed E-state index contributed by atoms with van der Waals surface area (Å²) >= 11 is 0. The van der Waals surface area contributed by atoms with Gasteiger partial charge >= 0.3 is 0 Å². The van der Waals surface area contributed by atoms with Crippen molar-refractivity contribution in [3.05, 3.63) is 0 Å². The molecule has 4 N–H and O–H groups in total. The van der Waals surface area contributed by atoms with Crippen LogP contribution < -0.4 is 16.4 Å². The van der Waals surface area contributed by atoms with Crippen LogP contribution >= 0.6 is 0 Å². The van der Waals surface area contributed by atoms with Gasteiger partial charge in [-0.2, -0.15) is 0 Å². The molecular weight excluding hydrogens is 334 g/mol. The molecule has 0 radical (unpaired) electrons. The fourth-order valence-electron chi connectivity index (χ4n) is 1.81. The Labute approximate surface area is 159 Å². The fraction of sp³-hybridized carbons (Fsp3) is 0.895. The van der Waals surface area contributed by atoms with E-state index in [0.29, 0.717) is 32.8 Å². The second-order valence-electron chi connectivity index (χ2n) is 7.57. The quantitative estimate of drug-likeness (QED) is 0.455. The van der Waals surface area contributed by atoms with Gasteiger partial charge in [-0.15, -0.1) is 0 Å². The molecule has 0 unspecified atom stereocenters. The topological polar surface area (TPSA) is 103 Å². The molecule has 0 fully saturated rings. The van der Waals surface area contributed by atoms with Crippen molar-refractivity contribution in [3.8, 4) is 0 Å². The third kappa shape index (κ3) is 16.3. The number of hydrogen-bond acceptors (Lipinski definition) is 5. The number of carbonyl (C=O) groups excluding carboxylic acids is 2. The first-order chi connectivity index (χ1) is 12.1. The second kappa shape index (κ2) is 14.9. The van der Waals surface area contributed by atoms with Gasteiger partial charge in [-0.1, -0.05) is 41.5 Å². The van der Waals surface area contributed by atoms with Crippen LogP contribution in [0.15, 0.2) is 0 Å². The Hall–Kier alpha value is -1.18. The minimum Gasteiger partial charge on any atom is -0.380 e. The number of likely N-dealkylation sites (N-methyl/N-ethyl adjacent to an activating group) is 1. The summed E-state index contributed by atoms with van der Waals surface area (Å²) in [6.45, 7) is 16.9. The predicted molar refractivity (Wildman–Crippen MR) is 106 cm³/mol. The molecule has 0 aromatic carbocycles. The normalized spacial score (nSPS) is 11.4. The van der Waals surface area contributed by atoms with E-state index in [2.05, 4.69) is 38.3 Å². The molecule has 7 heteroatoms. The third-order valence-corrected chi connectivity index (χ3v) is 3.50. The lowest BCUT2D eigenvalue weighted by molar-refractivity contribution is -0.130. The van der Waals surface area contributed by atoms with Gasteiger partial charge < -0.3 is 25.8 Å². The molecule has 0 heterocycles. The van der Waals surface area contributed by atoms with Crippen LogP contribution in [-0.2, 0) is 19.1 Å². The van der Waals surface area contributed by atoms with Gasteiger partial charge in [0.15, 0.2) is 0 Å². The number of carbonyl (C=O) groups is 2. The zero-order chi connectivity index (χ0) is 20.6. The SMILES string of the molecule is CC.CCNC(=O)COCC(=O)NCCC(C)(C)COCC(C)(C)CN. The molecule has 0 aliphatic heterocycles. The predicted octanol–water partition coefficient (Wildman–Crippen LogP) is 1.70. The fourth-order valence-corrected chi connectivity index (χ4v) is 1.81. The summed E-state index contributed by atoms with van der Waals surface area (Å²) in [4.78, 5) is 22.8. The molecule has 0 aliphatic rings. The third-order valence-electron chi connectivity index (χ3n) is 3.50. The van der Waals surface area contributed by atoms with E-state index in [1.807, 2.05) is 20.8 Å². The first kappa shape index (κ1) is 27.0. The lowest BCUT2D eigenvalue weighted by Gasteiger charge is -2.28. The summed E-state index contributed by atoms with van der Waals surface area (Å²) in [5.41, 5.74) is 5.62. The lowest BCUT2D eigenvalue weighted by Crippen LogP contribution is -2.35. The maximum Gasteiger partial charge on any atom is 0.246 e. The molecule has 0 atom stereocenters. The van der Waals surface area contributed by atoms with Crippen LogP contribution in [0.5, 0.6) is 0 Å². The molecule has 0 aromatic rings. The van der Waals surface area contributed by atoms with E-state index in [0.717, 1.165) is 6.42 Å². The van der Waals surface area contributed by atoms with Crippen LogP contribution in [0, 0.1) is 10.8 Å². The van der Waals surface area contributed by atoms with Gasteiger partial charge in [-0.05, 0) is 25.3 Å². The first-order valence-corrected chi connectivity index (χ1v) is 9.51. The van der Waals surface area contributed by atoms with Crippen LogP contribution in [-0.4, -0.2) is 57.9 Å². The molecule has 0 rings (SSSR count). The Balaban J connectivity index is 0. The average Bonchev–Trinajstić information content (AvgIpc) is 2.56. The van der Waals surface area contributed by atoms with Crippen LogP contribution in [0.1, 0.15) is 54.9 Å². The molecule has 0 aromatic heterocycles. The highest BCUT2D eigenvalue weighted by molar-refractivity contribution is 5.79. The second-order valence-corrected chi connectivity index (χ2v) is 7.57. The summed E-state index contributed by atoms with van der Waals surface area (Å²) in [5, 5.41) is 5.39. The molecule has 0 spiro atoms. The Morgan fingerprint density at radius 3 is 1.88 bits per heavy atom. The number of ether oxygens (including phenoxy) is 2. The molecule has 26 heavy (non-hydrogen) atoms. The van der Waals surface area contributed by atoms with Crippen molar-refractivity contribution >= 4 is 11.8 Å². The largest absolute Gasteiger partial charge is 0.380 e. The van der Waals surface area contributed by atoms with Crippen molar-refractivity contribution in [2.75, 3.05) is 46.1 Å². The average molecular weight is 376 g/mol. The number of rotatable bonds is 13. The van der Waals surface area contributed by atoms with E-state index in [9.17, 15) is 9.59 Å². The van der Waals surface area contributed by atoms with Crippen molar-refractivity contribution in [1.29, 1.82) is 0 Å². The van der Waals surface area contributed by atoms with E-state index in [1.165, 1.54) is 0 Å². The Kier molecular flexibility index (Phi) is 15.5. The van der Waals surface area contributed by atoms with Gasteiger partial charge in [0.05, 0.1) is 13.2 Å². The van der Waals surface area contributed by atoms with Gasteiger partial charge in [-0.25, -0.2) is 0 Å². The van der Waals surface area contributed by atoms with Crippen LogP contribution in [0.25, 0.3) is 0 Å². The molecule has 2 amide bonds. The maximum atomic E-state index is 11.6. The first-order valence-electron chi connectivity index (χ1n) is 9.51. The van der Waals surface area contributed by atoms with Gasteiger partial charge in [0, 0.05) is 18.5 Å². The van der Waals surface area contributed by atoms with Crippen LogP contribution in [0.3, 0.4) is 0 Å². The van der Waals surface area contributed by atoms with Crippen LogP contribution in [0.2, 0.25) is 0 Å². The summed E-state index contributed by atoms with van der Waals surface area (Å²) in [5.74, 6) is -0.440. The zero-order valence-electron chi connectivity index (χ0n) is 17.9. The molecule has 0 bridgehead atoms. The Bertz CT molecular complexity index is 385. The highest BCUT2D eigenvalue weighted by atomic mass is 16.5. The van der Waals surface area contributed by atoms with Crippen LogP contribution in [0.4, 0.5) is 0 Å². The van der Waals surface area contributed by atoms with Crippen molar-refractivity contribution in [1.82, 2.24) is 10.6 Å². The number of nitrogens with one attached hydrogen (secondary N) is 2. The number of nitrogens with two attached hydrogens (primary N) is 1. The Morgan fingerprint density at radius 2 is 1.38 bits per heavy atom. The van der Waals surface area contributed by atoms with E-state index < -0.39 is 0 Å². The highest BCUT2D eigenvalue weighted by Crippen LogP contribution is 2.22. The van der Waals surface area contributed by atoms with Crippen molar-refractivity contribution in [3.63, 3.8) is 0 Å². The molecule has 156 valence electrons. The molecular formula is C19H41N3O4. The zero-order valence-corrected chi connectivity index (χ0v) is 17.9. The van der Waals surface area contributed by atoms with E-state index in [1.54, 1.807) is 0 Å². The van der Waals surface area contributed by atoms with Gasteiger partial charge in [0.2, 0.25) is 11.8 Å². The monoisotopic (exact) mass is 375 g/mol. The standard InChI is InChI=1S/C17H35N3O4.C2H6/c1-6-19-14(21)9-23-10-15(22)20-8-7-16(2,3)12-24-13-17(4,5)11-18;1-2/h6-13,18H2,1-5H3,(H,19,21)(H,20,22);1-2H3. The Morgan fingerprint density at radius 1 is 0.885 bits per heavy atom.